The quantitative estimate of drug-likeness (QED) is 0.770. The molecule has 25 heavy (non-hydrogen) atoms. The van der Waals surface area contributed by atoms with Gasteiger partial charge in [-0.2, -0.15) is 0 Å². The maximum absolute atomic E-state index is 11.9. The molecule has 0 saturated heterocycles. The first kappa shape index (κ1) is 18.5. The normalized spacial score (nSPS) is 12.8. The van der Waals surface area contributed by atoms with Crippen LogP contribution in [0, 0.1) is 0 Å². The lowest BCUT2D eigenvalue weighted by molar-refractivity contribution is -0.143. The van der Waals surface area contributed by atoms with E-state index >= 15 is 0 Å². The molecule has 0 aliphatic heterocycles. The van der Waals surface area contributed by atoms with E-state index in [9.17, 15) is 14.7 Å². The minimum Gasteiger partial charge on any atom is -0.480 e. The van der Waals surface area contributed by atoms with E-state index in [0.717, 1.165) is 11.1 Å². The van der Waals surface area contributed by atoms with Crippen LogP contribution >= 0.6 is 0 Å². The van der Waals surface area contributed by atoms with Crippen molar-refractivity contribution in [2.24, 2.45) is 0 Å². The summed E-state index contributed by atoms with van der Waals surface area (Å²) in [7, 11) is 0. The number of carboxylic acids is 1. The summed E-state index contributed by atoms with van der Waals surface area (Å²) in [5.74, 6) is -1.18. The third kappa shape index (κ3) is 6.27. The summed E-state index contributed by atoms with van der Waals surface area (Å²) in [6, 6.07) is 17.3. The molecule has 0 radical (unpaired) electrons. The fourth-order valence-corrected chi connectivity index (χ4v) is 2.17. The van der Waals surface area contributed by atoms with Gasteiger partial charge in [-0.25, -0.2) is 9.59 Å². The molecule has 0 heterocycles. The highest BCUT2D eigenvalue weighted by Crippen LogP contribution is 2.07. The third-order valence-corrected chi connectivity index (χ3v) is 3.58. The van der Waals surface area contributed by atoms with Crippen LogP contribution in [0.3, 0.4) is 0 Å². The largest absolute Gasteiger partial charge is 0.480 e. The van der Waals surface area contributed by atoms with Crippen LogP contribution in [0.1, 0.15) is 18.1 Å². The van der Waals surface area contributed by atoms with Gasteiger partial charge in [-0.3, -0.25) is 0 Å². The van der Waals surface area contributed by atoms with Crippen molar-refractivity contribution >= 4 is 12.1 Å². The standard InChI is InChI=1S/C19H21NO5/c1-14(24-12-15-8-4-2-5-9-15)17(18(21)22)20-19(23)25-13-16-10-6-3-7-11-16/h2-11,14,17H,12-13H2,1H3,(H,20,23)(H,21,22)/t14-,17+/m0/s1. The Morgan fingerprint density at radius 2 is 1.48 bits per heavy atom. The molecule has 2 atom stereocenters. The number of carbonyl (C=O) groups excluding carboxylic acids is 1. The molecule has 1 amide bonds. The van der Waals surface area contributed by atoms with E-state index in [4.69, 9.17) is 9.47 Å². The number of amides is 1. The third-order valence-electron chi connectivity index (χ3n) is 3.58. The van der Waals surface area contributed by atoms with Gasteiger partial charge in [0.1, 0.15) is 6.61 Å². The van der Waals surface area contributed by atoms with Gasteiger partial charge in [0.2, 0.25) is 0 Å². The van der Waals surface area contributed by atoms with Crippen molar-refractivity contribution in [1.82, 2.24) is 5.32 Å². The van der Waals surface area contributed by atoms with E-state index in [0.29, 0.717) is 0 Å². The monoisotopic (exact) mass is 343 g/mol. The Bertz CT molecular complexity index is 675. The van der Waals surface area contributed by atoms with Gasteiger partial charge < -0.3 is 19.9 Å². The van der Waals surface area contributed by atoms with Crippen LogP contribution in [0.25, 0.3) is 0 Å². The van der Waals surface area contributed by atoms with E-state index in [1.807, 2.05) is 60.7 Å². The van der Waals surface area contributed by atoms with Gasteiger partial charge in [0.05, 0.1) is 12.7 Å². The summed E-state index contributed by atoms with van der Waals surface area (Å²) in [6.45, 7) is 1.92. The first-order valence-corrected chi connectivity index (χ1v) is 7.92. The zero-order valence-electron chi connectivity index (χ0n) is 13.9. The summed E-state index contributed by atoms with van der Waals surface area (Å²) in [6.07, 6.45) is -1.52. The maximum Gasteiger partial charge on any atom is 0.408 e. The van der Waals surface area contributed by atoms with E-state index in [-0.39, 0.29) is 13.2 Å². The molecule has 0 fully saturated rings. The van der Waals surface area contributed by atoms with Crippen LogP contribution in [0.5, 0.6) is 0 Å². The average Bonchev–Trinajstić information content (AvgIpc) is 2.64. The van der Waals surface area contributed by atoms with Gasteiger partial charge in [-0.1, -0.05) is 60.7 Å². The fourth-order valence-electron chi connectivity index (χ4n) is 2.17. The molecule has 6 nitrogen and oxygen atoms in total. The van der Waals surface area contributed by atoms with Gasteiger partial charge in [0.25, 0.3) is 0 Å². The van der Waals surface area contributed by atoms with Crippen LogP contribution in [-0.4, -0.2) is 29.3 Å². The first-order chi connectivity index (χ1) is 12.1. The molecule has 0 bridgehead atoms. The van der Waals surface area contributed by atoms with Crippen molar-refractivity contribution in [3.8, 4) is 0 Å². The first-order valence-electron chi connectivity index (χ1n) is 7.92. The van der Waals surface area contributed by atoms with Gasteiger partial charge in [-0.05, 0) is 18.1 Å². The number of alkyl carbamates (subject to hydrolysis) is 1. The summed E-state index contributed by atoms with van der Waals surface area (Å²) in [5.41, 5.74) is 1.74. The van der Waals surface area contributed by atoms with Gasteiger partial charge in [0.15, 0.2) is 6.04 Å². The number of aliphatic carboxylic acids is 1. The topological polar surface area (TPSA) is 84.9 Å². The Morgan fingerprint density at radius 1 is 0.960 bits per heavy atom. The van der Waals surface area contributed by atoms with Gasteiger partial charge >= 0.3 is 12.1 Å². The number of hydrogen-bond acceptors (Lipinski definition) is 4. The SMILES string of the molecule is C[C@H](OCc1ccccc1)[C@@H](NC(=O)OCc1ccccc1)C(=O)O. The zero-order valence-corrected chi connectivity index (χ0v) is 13.9. The van der Waals surface area contributed by atoms with Crippen molar-refractivity contribution in [2.45, 2.75) is 32.3 Å². The summed E-state index contributed by atoms with van der Waals surface area (Å²) in [4.78, 5) is 23.3. The number of nitrogens with one attached hydrogen (secondary N) is 1. The average molecular weight is 343 g/mol. The number of rotatable bonds is 8. The summed E-state index contributed by atoms with van der Waals surface area (Å²) in [5, 5.41) is 11.7. The lowest BCUT2D eigenvalue weighted by atomic mass is 10.2. The Kier molecular flexibility index (Phi) is 6.98. The van der Waals surface area contributed by atoms with Crippen molar-refractivity contribution in [1.29, 1.82) is 0 Å². The molecule has 2 aromatic rings. The highest BCUT2D eigenvalue weighted by molar-refractivity contribution is 5.80. The Morgan fingerprint density at radius 3 is 2.00 bits per heavy atom. The molecular weight excluding hydrogens is 322 g/mol. The van der Waals surface area contributed by atoms with Crippen molar-refractivity contribution in [3.05, 3.63) is 71.8 Å². The molecule has 2 rings (SSSR count). The van der Waals surface area contributed by atoms with Crippen molar-refractivity contribution in [2.75, 3.05) is 0 Å². The highest BCUT2D eigenvalue weighted by atomic mass is 16.5. The molecule has 0 aliphatic rings. The number of ether oxygens (including phenoxy) is 2. The molecule has 6 heteroatoms. The number of carboxylic acid groups (broad SMARTS) is 1. The van der Waals surface area contributed by atoms with Crippen molar-refractivity contribution < 1.29 is 24.2 Å². The highest BCUT2D eigenvalue weighted by Gasteiger charge is 2.28. The molecule has 0 aliphatic carbocycles. The van der Waals surface area contributed by atoms with Crippen LogP contribution < -0.4 is 5.32 Å². The fraction of sp³-hybridized carbons (Fsp3) is 0.263. The van der Waals surface area contributed by atoms with Crippen LogP contribution in [0.4, 0.5) is 4.79 Å². The minimum atomic E-state index is -1.20. The molecule has 2 N–H and O–H groups in total. The second kappa shape index (κ2) is 9.44. The lowest BCUT2D eigenvalue weighted by Gasteiger charge is -2.21. The van der Waals surface area contributed by atoms with E-state index in [1.165, 1.54) is 0 Å². The van der Waals surface area contributed by atoms with Gasteiger partial charge in [0, 0.05) is 0 Å². The Hall–Kier alpha value is -2.86. The van der Waals surface area contributed by atoms with E-state index < -0.39 is 24.2 Å². The van der Waals surface area contributed by atoms with Crippen LogP contribution in [0.2, 0.25) is 0 Å². The summed E-state index contributed by atoms with van der Waals surface area (Å²) >= 11 is 0. The molecule has 2 aromatic carbocycles. The number of hydrogen-bond donors (Lipinski definition) is 2. The van der Waals surface area contributed by atoms with E-state index in [1.54, 1.807) is 6.92 Å². The lowest BCUT2D eigenvalue weighted by Crippen LogP contribution is -2.48. The molecular formula is C19H21NO5. The zero-order chi connectivity index (χ0) is 18.1. The molecule has 132 valence electrons. The smallest absolute Gasteiger partial charge is 0.408 e. The molecule has 0 aromatic heterocycles. The Labute approximate surface area is 146 Å². The second-order valence-corrected chi connectivity index (χ2v) is 5.52. The predicted octanol–water partition coefficient (Wildman–Crippen LogP) is 2.97. The number of benzene rings is 2. The molecule has 0 spiro atoms. The summed E-state index contributed by atoms with van der Waals surface area (Å²) < 4.78 is 10.6. The van der Waals surface area contributed by atoms with Gasteiger partial charge in [-0.15, -0.1) is 0 Å². The molecule has 0 saturated carbocycles. The predicted molar refractivity (Wildman–Crippen MR) is 91.9 cm³/mol. The Balaban J connectivity index is 1.84. The van der Waals surface area contributed by atoms with Crippen molar-refractivity contribution in [3.63, 3.8) is 0 Å². The molecule has 0 unspecified atom stereocenters. The maximum atomic E-state index is 11.9. The van der Waals surface area contributed by atoms with E-state index in [2.05, 4.69) is 5.32 Å². The second-order valence-electron chi connectivity index (χ2n) is 5.52. The minimum absolute atomic E-state index is 0.0677. The number of carbonyl (C=O) groups is 2. The van der Waals surface area contributed by atoms with Crippen LogP contribution in [-0.2, 0) is 27.5 Å². The van der Waals surface area contributed by atoms with Crippen LogP contribution in [0.15, 0.2) is 60.7 Å².